The fourth-order valence-electron chi connectivity index (χ4n) is 1.52. The molecule has 1 aromatic carbocycles. The van der Waals surface area contributed by atoms with E-state index >= 15 is 0 Å². The van der Waals surface area contributed by atoms with Crippen LogP contribution >= 0.6 is 15.9 Å². The summed E-state index contributed by atoms with van der Waals surface area (Å²) in [7, 11) is 0. The number of hydrogen-bond acceptors (Lipinski definition) is 2. The lowest BCUT2D eigenvalue weighted by atomic mass is 10.0. The van der Waals surface area contributed by atoms with Gasteiger partial charge in [-0.05, 0) is 63.8 Å². The molecule has 1 heterocycles. The summed E-state index contributed by atoms with van der Waals surface area (Å²) in [5.74, 6) is 0. The summed E-state index contributed by atoms with van der Waals surface area (Å²) < 4.78 is 0.835. The summed E-state index contributed by atoms with van der Waals surface area (Å²) in [6.07, 6.45) is 1.78. The lowest BCUT2D eigenvalue weighted by molar-refractivity contribution is 1.27. The number of hydrogen-bond donors (Lipinski definition) is 1. The van der Waals surface area contributed by atoms with Gasteiger partial charge in [0, 0.05) is 11.9 Å². The van der Waals surface area contributed by atoms with Crippen LogP contribution in [0.4, 0.5) is 5.69 Å². The van der Waals surface area contributed by atoms with E-state index in [1.165, 1.54) is 5.56 Å². The van der Waals surface area contributed by atoms with Gasteiger partial charge in [-0.15, -0.1) is 0 Å². The second kappa shape index (κ2) is 4.03. The number of nitrogens with zero attached hydrogens (tertiary/aromatic N) is 1. The van der Waals surface area contributed by atoms with Crippen molar-refractivity contribution in [2.24, 2.45) is 0 Å². The van der Waals surface area contributed by atoms with E-state index in [1.807, 2.05) is 30.3 Å². The number of aromatic nitrogens is 1. The Morgan fingerprint density at radius 1 is 1.20 bits per heavy atom. The Balaban J connectivity index is 2.58. The van der Waals surface area contributed by atoms with Crippen LogP contribution in [0.2, 0.25) is 0 Å². The van der Waals surface area contributed by atoms with Gasteiger partial charge in [-0.1, -0.05) is 6.07 Å². The van der Waals surface area contributed by atoms with Crippen molar-refractivity contribution in [3.8, 4) is 11.1 Å². The number of halogens is 1. The van der Waals surface area contributed by atoms with Gasteiger partial charge in [0.25, 0.3) is 0 Å². The van der Waals surface area contributed by atoms with Crippen LogP contribution in [0.25, 0.3) is 11.1 Å². The SMILES string of the molecule is Cc1ccc(N)cc1-c1ccnc(Br)c1. The lowest BCUT2D eigenvalue weighted by Crippen LogP contribution is -1.89. The maximum atomic E-state index is 5.78. The van der Waals surface area contributed by atoms with Crippen LogP contribution in [0.3, 0.4) is 0 Å². The zero-order chi connectivity index (χ0) is 10.8. The quantitative estimate of drug-likeness (QED) is 0.632. The minimum absolute atomic E-state index is 0.781. The third kappa shape index (κ3) is 2.18. The molecule has 2 nitrogen and oxygen atoms in total. The number of pyridine rings is 1. The first-order chi connectivity index (χ1) is 7.16. The van der Waals surface area contributed by atoms with Gasteiger partial charge in [0.1, 0.15) is 4.60 Å². The van der Waals surface area contributed by atoms with E-state index in [4.69, 9.17) is 5.73 Å². The average Bonchev–Trinajstić information content (AvgIpc) is 2.22. The first-order valence-corrected chi connectivity index (χ1v) is 5.44. The Morgan fingerprint density at radius 3 is 2.73 bits per heavy atom. The van der Waals surface area contributed by atoms with Crippen LogP contribution in [0.5, 0.6) is 0 Å². The van der Waals surface area contributed by atoms with Crippen molar-refractivity contribution < 1.29 is 0 Å². The van der Waals surface area contributed by atoms with E-state index in [2.05, 4.69) is 27.8 Å². The summed E-state index contributed by atoms with van der Waals surface area (Å²) in [5.41, 5.74) is 10.0. The standard InChI is InChI=1S/C12H11BrN2/c1-8-2-3-10(14)7-11(8)9-4-5-15-12(13)6-9/h2-7H,14H2,1H3. The highest BCUT2D eigenvalue weighted by Gasteiger charge is 2.02. The van der Waals surface area contributed by atoms with Crippen molar-refractivity contribution in [1.29, 1.82) is 0 Å². The number of anilines is 1. The molecule has 0 aliphatic rings. The van der Waals surface area contributed by atoms with Gasteiger partial charge in [0.05, 0.1) is 0 Å². The first-order valence-electron chi connectivity index (χ1n) is 4.65. The highest BCUT2D eigenvalue weighted by Crippen LogP contribution is 2.26. The molecular weight excluding hydrogens is 252 g/mol. The largest absolute Gasteiger partial charge is 0.399 e. The van der Waals surface area contributed by atoms with Gasteiger partial charge in [0.2, 0.25) is 0 Å². The minimum atomic E-state index is 0.781. The smallest absolute Gasteiger partial charge is 0.106 e. The Hall–Kier alpha value is -1.35. The molecule has 0 radical (unpaired) electrons. The molecule has 76 valence electrons. The monoisotopic (exact) mass is 262 g/mol. The van der Waals surface area contributed by atoms with Crippen molar-refractivity contribution in [3.05, 3.63) is 46.7 Å². The number of nitrogen functional groups attached to an aromatic ring is 1. The molecule has 3 heteroatoms. The summed E-state index contributed by atoms with van der Waals surface area (Å²) in [6, 6.07) is 9.89. The second-order valence-corrected chi connectivity index (χ2v) is 4.25. The molecule has 0 unspecified atom stereocenters. The van der Waals surface area contributed by atoms with Gasteiger partial charge < -0.3 is 5.73 Å². The van der Waals surface area contributed by atoms with Crippen LogP contribution in [0.15, 0.2) is 41.1 Å². The number of nitrogens with two attached hydrogens (primary N) is 1. The molecule has 1 aromatic heterocycles. The van der Waals surface area contributed by atoms with Crippen molar-refractivity contribution in [2.45, 2.75) is 6.92 Å². The van der Waals surface area contributed by atoms with E-state index in [-0.39, 0.29) is 0 Å². The zero-order valence-electron chi connectivity index (χ0n) is 8.37. The first kappa shape index (κ1) is 10.2. The summed E-state index contributed by atoms with van der Waals surface area (Å²) in [6.45, 7) is 2.07. The molecule has 2 rings (SSSR count). The van der Waals surface area contributed by atoms with Crippen LogP contribution in [-0.4, -0.2) is 4.98 Å². The Kier molecular flexibility index (Phi) is 2.73. The van der Waals surface area contributed by atoms with Gasteiger partial charge in [-0.25, -0.2) is 4.98 Å². The van der Waals surface area contributed by atoms with Crippen molar-refractivity contribution >= 4 is 21.6 Å². The lowest BCUT2D eigenvalue weighted by Gasteiger charge is -2.07. The predicted octanol–water partition coefficient (Wildman–Crippen LogP) is 3.40. The zero-order valence-corrected chi connectivity index (χ0v) is 9.95. The highest BCUT2D eigenvalue weighted by atomic mass is 79.9. The molecule has 2 aromatic rings. The van der Waals surface area contributed by atoms with Crippen molar-refractivity contribution in [3.63, 3.8) is 0 Å². The molecule has 0 saturated carbocycles. The van der Waals surface area contributed by atoms with Crippen molar-refractivity contribution in [2.75, 3.05) is 5.73 Å². The Morgan fingerprint density at radius 2 is 2.00 bits per heavy atom. The van der Waals surface area contributed by atoms with Gasteiger partial charge in [-0.3, -0.25) is 0 Å². The molecule has 0 aliphatic heterocycles. The molecule has 0 bridgehead atoms. The molecule has 0 amide bonds. The third-order valence-corrected chi connectivity index (χ3v) is 2.73. The van der Waals surface area contributed by atoms with E-state index in [0.717, 1.165) is 21.4 Å². The molecule has 2 N–H and O–H groups in total. The topological polar surface area (TPSA) is 38.9 Å². The third-order valence-electron chi connectivity index (χ3n) is 2.30. The maximum Gasteiger partial charge on any atom is 0.106 e. The average molecular weight is 263 g/mol. The van der Waals surface area contributed by atoms with Crippen LogP contribution in [-0.2, 0) is 0 Å². The van der Waals surface area contributed by atoms with E-state index in [0.29, 0.717) is 0 Å². The molecule has 0 aliphatic carbocycles. The van der Waals surface area contributed by atoms with Gasteiger partial charge in [-0.2, -0.15) is 0 Å². The molecule has 15 heavy (non-hydrogen) atoms. The Labute approximate surface area is 97.3 Å². The van der Waals surface area contributed by atoms with E-state index in [9.17, 15) is 0 Å². The molecule has 0 fully saturated rings. The molecule has 0 spiro atoms. The number of aryl methyl sites for hydroxylation is 1. The van der Waals surface area contributed by atoms with Crippen LogP contribution in [0, 0.1) is 6.92 Å². The fraction of sp³-hybridized carbons (Fsp3) is 0.0833. The number of benzene rings is 1. The second-order valence-electron chi connectivity index (χ2n) is 3.44. The van der Waals surface area contributed by atoms with Crippen LogP contribution in [0.1, 0.15) is 5.56 Å². The van der Waals surface area contributed by atoms with Gasteiger partial charge in [0.15, 0.2) is 0 Å². The summed E-state index contributed by atoms with van der Waals surface area (Å²) in [5, 5.41) is 0. The molecule has 0 saturated heterocycles. The normalized spacial score (nSPS) is 10.3. The van der Waals surface area contributed by atoms with E-state index in [1.54, 1.807) is 6.20 Å². The molecular formula is C12H11BrN2. The summed E-state index contributed by atoms with van der Waals surface area (Å²) >= 11 is 3.36. The Bertz CT molecular complexity index is 495. The fourth-order valence-corrected chi connectivity index (χ4v) is 1.89. The van der Waals surface area contributed by atoms with Crippen LogP contribution < -0.4 is 5.73 Å². The summed E-state index contributed by atoms with van der Waals surface area (Å²) in [4.78, 5) is 4.10. The predicted molar refractivity (Wildman–Crippen MR) is 66.5 cm³/mol. The van der Waals surface area contributed by atoms with Crippen molar-refractivity contribution in [1.82, 2.24) is 4.98 Å². The highest BCUT2D eigenvalue weighted by molar-refractivity contribution is 9.10. The van der Waals surface area contributed by atoms with E-state index < -0.39 is 0 Å². The minimum Gasteiger partial charge on any atom is -0.399 e. The maximum absolute atomic E-state index is 5.78. The molecule has 0 atom stereocenters. The van der Waals surface area contributed by atoms with Gasteiger partial charge >= 0.3 is 0 Å². The number of rotatable bonds is 1.